The normalized spacial score (nSPS) is 20.0. The molecule has 2 heterocycles. The minimum atomic E-state index is -0.482. The highest BCUT2D eigenvalue weighted by Crippen LogP contribution is 2.41. The number of halogens is 1. The van der Waals surface area contributed by atoms with E-state index in [0.29, 0.717) is 32.7 Å². The van der Waals surface area contributed by atoms with Gasteiger partial charge in [0.05, 0.1) is 12.2 Å². The van der Waals surface area contributed by atoms with Crippen molar-refractivity contribution in [2.45, 2.75) is 19.3 Å². The van der Waals surface area contributed by atoms with Gasteiger partial charge in [0.25, 0.3) is 5.91 Å². The maximum atomic E-state index is 13.8. The molecule has 0 atom stereocenters. The van der Waals surface area contributed by atoms with Crippen LogP contribution in [-0.4, -0.2) is 61.5 Å². The Hall–Kier alpha value is -1.95. The smallest absolute Gasteiger partial charge is 0.256 e. The van der Waals surface area contributed by atoms with E-state index >= 15 is 0 Å². The summed E-state index contributed by atoms with van der Waals surface area (Å²) < 4.78 is 18.9. The summed E-state index contributed by atoms with van der Waals surface area (Å²) in [4.78, 5) is 28.2. The number of hydrogen-bond donors (Lipinski definition) is 0. The van der Waals surface area contributed by atoms with Gasteiger partial charge in [0.1, 0.15) is 5.82 Å². The molecule has 1 aromatic rings. The highest BCUT2D eigenvalue weighted by Gasteiger charge is 2.45. The number of ether oxygens (including phenoxy) is 1. The van der Waals surface area contributed by atoms with Gasteiger partial charge in [0.2, 0.25) is 5.91 Å². The van der Waals surface area contributed by atoms with Crippen LogP contribution in [0.1, 0.15) is 29.6 Å². The summed E-state index contributed by atoms with van der Waals surface area (Å²) in [6.45, 7) is 3.03. The van der Waals surface area contributed by atoms with Crippen molar-refractivity contribution >= 4 is 11.8 Å². The molecule has 5 nitrogen and oxygen atoms in total. The van der Waals surface area contributed by atoms with Gasteiger partial charge in [-0.25, -0.2) is 4.39 Å². The van der Waals surface area contributed by atoms with Gasteiger partial charge in [0.15, 0.2) is 0 Å². The van der Waals surface area contributed by atoms with Gasteiger partial charge >= 0.3 is 0 Å². The van der Waals surface area contributed by atoms with Gasteiger partial charge in [0, 0.05) is 45.1 Å². The number of nitrogens with zero attached hydrogens (tertiary/aromatic N) is 2. The number of rotatable bonds is 4. The molecule has 2 fully saturated rings. The van der Waals surface area contributed by atoms with Crippen LogP contribution in [0.4, 0.5) is 4.39 Å². The molecule has 6 heteroatoms. The SMILES string of the molecule is COCCN1CC2(CCN(C(=O)c3ccccc3F)CC2)CC1=O. The molecule has 0 radical (unpaired) electrons. The third-order valence-corrected chi connectivity index (χ3v) is 5.19. The summed E-state index contributed by atoms with van der Waals surface area (Å²) in [6, 6.07) is 6.08. The average molecular weight is 334 g/mol. The van der Waals surface area contributed by atoms with Crippen LogP contribution in [0, 0.1) is 11.2 Å². The Morgan fingerprint density at radius 3 is 2.67 bits per heavy atom. The van der Waals surface area contributed by atoms with Gasteiger partial charge in [-0.15, -0.1) is 0 Å². The summed E-state index contributed by atoms with van der Waals surface area (Å²) in [6.07, 6.45) is 2.10. The lowest BCUT2D eigenvalue weighted by molar-refractivity contribution is -0.128. The van der Waals surface area contributed by atoms with Crippen LogP contribution in [0.5, 0.6) is 0 Å². The fraction of sp³-hybridized carbons (Fsp3) is 0.556. The van der Waals surface area contributed by atoms with E-state index < -0.39 is 5.82 Å². The van der Waals surface area contributed by atoms with Crippen molar-refractivity contribution in [3.05, 3.63) is 35.6 Å². The Balaban J connectivity index is 1.61. The number of piperidine rings is 1. The minimum Gasteiger partial charge on any atom is -0.383 e. The van der Waals surface area contributed by atoms with E-state index in [1.165, 1.54) is 12.1 Å². The maximum absolute atomic E-state index is 13.8. The van der Waals surface area contributed by atoms with E-state index in [9.17, 15) is 14.0 Å². The first kappa shape index (κ1) is 16.9. The molecule has 0 aromatic heterocycles. The van der Waals surface area contributed by atoms with Crippen molar-refractivity contribution in [2.24, 2.45) is 5.41 Å². The molecule has 1 spiro atoms. The lowest BCUT2D eigenvalue weighted by Gasteiger charge is -2.38. The number of carbonyl (C=O) groups excluding carboxylic acids is 2. The van der Waals surface area contributed by atoms with Crippen LogP contribution >= 0.6 is 0 Å². The van der Waals surface area contributed by atoms with Crippen molar-refractivity contribution in [1.29, 1.82) is 0 Å². The average Bonchev–Trinajstić information content (AvgIpc) is 2.89. The molecule has 2 amide bonds. The minimum absolute atomic E-state index is 0.0448. The molecule has 0 bridgehead atoms. The standard InChI is InChI=1S/C18H23FN2O3/c1-24-11-10-21-13-18(12-16(21)22)6-8-20(9-7-18)17(23)14-4-2-3-5-15(14)19/h2-5H,6-13H2,1H3. The first-order chi connectivity index (χ1) is 11.5. The van der Waals surface area contributed by atoms with Crippen molar-refractivity contribution in [2.75, 3.05) is 39.9 Å². The van der Waals surface area contributed by atoms with Crippen molar-refractivity contribution < 1.29 is 18.7 Å². The molecule has 24 heavy (non-hydrogen) atoms. The molecule has 0 saturated carbocycles. The Morgan fingerprint density at radius 2 is 2.00 bits per heavy atom. The van der Waals surface area contributed by atoms with Gasteiger partial charge in [-0.05, 0) is 25.0 Å². The van der Waals surface area contributed by atoms with Gasteiger partial charge in [-0.2, -0.15) is 0 Å². The lowest BCUT2D eigenvalue weighted by Crippen LogP contribution is -2.44. The summed E-state index contributed by atoms with van der Waals surface area (Å²) in [5.74, 6) is -0.575. The first-order valence-electron chi connectivity index (χ1n) is 8.35. The third kappa shape index (κ3) is 3.29. The molecular formula is C18H23FN2O3. The molecule has 2 saturated heterocycles. The molecular weight excluding hydrogens is 311 g/mol. The van der Waals surface area contributed by atoms with Crippen LogP contribution in [0.3, 0.4) is 0 Å². The van der Waals surface area contributed by atoms with Gasteiger partial charge in [-0.1, -0.05) is 12.1 Å². The quantitative estimate of drug-likeness (QED) is 0.845. The molecule has 0 N–H and O–H groups in total. The third-order valence-electron chi connectivity index (χ3n) is 5.19. The molecule has 1 aromatic carbocycles. The highest BCUT2D eigenvalue weighted by molar-refractivity contribution is 5.94. The number of carbonyl (C=O) groups is 2. The van der Waals surface area contributed by atoms with Crippen LogP contribution in [0.25, 0.3) is 0 Å². The van der Waals surface area contributed by atoms with Gasteiger partial charge in [-0.3, -0.25) is 9.59 Å². The Bertz CT molecular complexity index is 626. The zero-order valence-electron chi connectivity index (χ0n) is 14.0. The number of methoxy groups -OCH3 is 1. The molecule has 2 aliphatic rings. The summed E-state index contributed by atoms with van der Waals surface area (Å²) in [5, 5.41) is 0. The van der Waals surface area contributed by atoms with E-state index in [1.54, 1.807) is 24.1 Å². The summed E-state index contributed by atoms with van der Waals surface area (Å²) in [7, 11) is 1.63. The topological polar surface area (TPSA) is 49.9 Å². The second kappa shape index (κ2) is 6.89. The van der Waals surface area contributed by atoms with E-state index in [4.69, 9.17) is 4.74 Å². The van der Waals surface area contributed by atoms with E-state index in [2.05, 4.69) is 0 Å². The summed E-state index contributed by atoms with van der Waals surface area (Å²) in [5.41, 5.74) is 0.0780. The van der Waals surface area contributed by atoms with Crippen LogP contribution in [0.2, 0.25) is 0 Å². The Labute approximate surface area is 141 Å². The molecule has 3 rings (SSSR count). The number of likely N-dealkylation sites (tertiary alicyclic amines) is 2. The Morgan fingerprint density at radius 1 is 1.29 bits per heavy atom. The highest BCUT2D eigenvalue weighted by atomic mass is 19.1. The van der Waals surface area contributed by atoms with Crippen LogP contribution < -0.4 is 0 Å². The number of hydrogen-bond acceptors (Lipinski definition) is 3. The molecule has 2 aliphatic heterocycles. The monoisotopic (exact) mass is 334 g/mol. The predicted octanol–water partition coefficient (Wildman–Crippen LogP) is 1.93. The fourth-order valence-corrected chi connectivity index (χ4v) is 3.71. The van der Waals surface area contributed by atoms with E-state index in [-0.39, 0.29) is 22.8 Å². The molecule has 0 aliphatic carbocycles. The van der Waals surface area contributed by atoms with Crippen LogP contribution in [-0.2, 0) is 9.53 Å². The van der Waals surface area contributed by atoms with Crippen molar-refractivity contribution in [3.63, 3.8) is 0 Å². The maximum Gasteiger partial charge on any atom is 0.256 e. The largest absolute Gasteiger partial charge is 0.383 e. The van der Waals surface area contributed by atoms with Crippen molar-refractivity contribution in [3.8, 4) is 0 Å². The number of amides is 2. The first-order valence-corrected chi connectivity index (χ1v) is 8.35. The zero-order valence-corrected chi connectivity index (χ0v) is 14.0. The second-order valence-electron chi connectivity index (χ2n) is 6.76. The zero-order chi connectivity index (χ0) is 17.2. The summed E-state index contributed by atoms with van der Waals surface area (Å²) >= 11 is 0. The fourth-order valence-electron chi connectivity index (χ4n) is 3.71. The van der Waals surface area contributed by atoms with Crippen LogP contribution in [0.15, 0.2) is 24.3 Å². The van der Waals surface area contributed by atoms with E-state index in [0.717, 1.165) is 19.4 Å². The second-order valence-corrected chi connectivity index (χ2v) is 6.76. The predicted molar refractivity (Wildman–Crippen MR) is 87.0 cm³/mol. The lowest BCUT2D eigenvalue weighted by atomic mass is 9.77. The van der Waals surface area contributed by atoms with Crippen molar-refractivity contribution in [1.82, 2.24) is 9.80 Å². The number of benzene rings is 1. The molecule has 130 valence electrons. The van der Waals surface area contributed by atoms with E-state index in [1.807, 2.05) is 4.90 Å². The molecule has 0 unspecified atom stereocenters. The Kier molecular flexibility index (Phi) is 4.85. The van der Waals surface area contributed by atoms with Gasteiger partial charge < -0.3 is 14.5 Å².